The zero-order valence-corrected chi connectivity index (χ0v) is 8.82. The van der Waals surface area contributed by atoms with E-state index in [2.05, 4.69) is 20.8 Å². The summed E-state index contributed by atoms with van der Waals surface area (Å²) in [7, 11) is 0. The van der Waals surface area contributed by atoms with Crippen LogP contribution in [0.15, 0.2) is 11.3 Å². The number of unbranched alkanes of at least 4 members (excludes halogenated alkanes) is 2. The second kappa shape index (κ2) is 7.20. The first-order valence-electron chi connectivity index (χ1n) is 5.16. The molecule has 0 aliphatic heterocycles. The van der Waals surface area contributed by atoms with Crippen LogP contribution in [-0.2, 0) is 0 Å². The van der Waals surface area contributed by atoms with Crippen LogP contribution in [0.25, 0.3) is 0 Å². The molecule has 0 aromatic carbocycles. The average Bonchev–Trinajstić information content (AvgIpc) is 2.10. The van der Waals surface area contributed by atoms with Gasteiger partial charge in [0.2, 0.25) is 0 Å². The molecule has 0 amide bonds. The number of rotatable bonds is 6. The zero-order chi connectivity index (χ0) is 9.40. The summed E-state index contributed by atoms with van der Waals surface area (Å²) in [5.41, 5.74) is 8.46. The van der Waals surface area contributed by atoms with E-state index >= 15 is 0 Å². The van der Waals surface area contributed by atoms with Gasteiger partial charge in [-0.25, -0.2) is 0 Å². The molecule has 12 heavy (non-hydrogen) atoms. The van der Waals surface area contributed by atoms with Crippen LogP contribution in [-0.4, -0.2) is 0 Å². The lowest BCUT2D eigenvalue weighted by Gasteiger charge is -2.06. The first-order chi connectivity index (χ1) is 5.72. The monoisotopic (exact) mass is 169 g/mol. The molecule has 0 saturated carbocycles. The first-order valence-corrected chi connectivity index (χ1v) is 5.16. The Morgan fingerprint density at radius 3 is 2.00 bits per heavy atom. The van der Waals surface area contributed by atoms with E-state index in [9.17, 15) is 0 Å². The quantitative estimate of drug-likeness (QED) is 0.646. The number of allylic oxidation sites excluding steroid dienone is 2. The van der Waals surface area contributed by atoms with Gasteiger partial charge in [-0.05, 0) is 32.6 Å². The molecule has 0 heterocycles. The van der Waals surface area contributed by atoms with Crippen molar-refractivity contribution in [2.24, 2.45) is 5.73 Å². The molecule has 0 aromatic rings. The molecule has 0 unspecified atom stereocenters. The summed E-state index contributed by atoms with van der Waals surface area (Å²) >= 11 is 0. The maximum absolute atomic E-state index is 5.92. The van der Waals surface area contributed by atoms with E-state index in [0.29, 0.717) is 0 Å². The van der Waals surface area contributed by atoms with Crippen LogP contribution in [0.1, 0.15) is 59.3 Å². The summed E-state index contributed by atoms with van der Waals surface area (Å²) in [4.78, 5) is 0. The third-order valence-corrected chi connectivity index (χ3v) is 2.25. The van der Waals surface area contributed by atoms with Crippen LogP contribution in [0, 0.1) is 0 Å². The van der Waals surface area contributed by atoms with E-state index in [-0.39, 0.29) is 0 Å². The lowest BCUT2D eigenvalue weighted by Crippen LogP contribution is -2.00. The second-order valence-electron chi connectivity index (χ2n) is 3.51. The van der Waals surface area contributed by atoms with Crippen molar-refractivity contribution in [2.45, 2.75) is 59.3 Å². The highest BCUT2D eigenvalue weighted by molar-refractivity contribution is 5.07. The van der Waals surface area contributed by atoms with Crippen LogP contribution in [0.5, 0.6) is 0 Å². The van der Waals surface area contributed by atoms with Crippen molar-refractivity contribution in [1.29, 1.82) is 0 Å². The van der Waals surface area contributed by atoms with Gasteiger partial charge in [-0.3, -0.25) is 0 Å². The predicted molar refractivity (Wildman–Crippen MR) is 55.9 cm³/mol. The molecule has 0 saturated heterocycles. The van der Waals surface area contributed by atoms with E-state index in [0.717, 1.165) is 12.1 Å². The molecule has 0 aromatic heterocycles. The molecule has 0 rings (SSSR count). The van der Waals surface area contributed by atoms with Gasteiger partial charge in [0.05, 0.1) is 0 Å². The van der Waals surface area contributed by atoms with Crippen LogP contribution in [0.3, 0.4) is 0 Å². The van der Waals surface area contributed by atoms with E-state index in [4.69, 9.17) is 5.73 Å². The number of hydrogen-bond acceptors (Lipinski definition) is 1. The highest BCUT2D eigenvalue weighted by Crippen LogP contribution is 2.12. The van der Waals surface area contributed by atoms with Gasteiger partial charge in [0.1, 0.15) is 0 Å². The Labute approximate surface area is 77.0 Å². The Bertz CT molecular complexity index is 120. The molecule has 0 aliphatic carbocycles. The van der Waals surface area contributed by atoms with Crippen LogP contribution < -0.4 is 5.73 Å². The van der Waals surface area contributed by atoms with Gasteiger partial charge in [0, 0.05) is 5.70 Å². The number of hydrogen-bond donors (Lipinski definition) is 1. The highest BCUT2D eigenvalue weighted by Gasteiger charge is 1.96. The molecular formula is C11H23N. The van der Waals surface area contributed by atoms with Crippen molar-refractivity contribution < 1.29 is 0 Å². The smallest absolute Gasteiger partial charge is 0.00695 e. The highest BCUT2D eigenvalue weighted by atomic mass is 14.6. The van der Waals surface area contributed by atoms with Crippen molar-refractivity contribution in [2.75, 3.05) is 0 Å². The minimum Gasteiger partial charge on any atom is -0.402 e. The third kappa shape index (κ3) is 5.22. The van der Waals surface area contributed by atoms with Gasteiger partial charge in [-0.1, -0.05) is 32.3 Å². The normalized spacial score (nSPS) is 12.9. The summed E-state index contributed by atoms with van der Waals surface area (Å²) in [6.45, 7) is 6.59. The molecule has 0 fully saturated rings. The predicted octanol–water partition coefficient (Wildman–Crippen LogP) is 3.60. The molecule has 1 nitrogen and oxygen atoms in total. The average molecular weight is 169 g/mol. The SMILES string of the molecule is CCCCC(C)=C(N)CCCC. The number of nitrogens with two attached hydrogens (primary N) is 1. The first kappa shape index (κ1) is 11.5. The van der Waals surface area contributed by atoms with Crippen molar-refractivity contribution in [3.63, 3.8) is 0 Å². The van der Waals surface area contributed by atoms with E-state index in [1.54, 1.807) is 0 Å². The standard InChI is InChI=1S/C11H23N/c1-4-6-8-10(3)11(12)9-7-5-2/h4-9,12H2,1-3H3. The summed E-state index contributed by atoms with van der Waals surface area (Å²) < 4.78 is 0. The van der Waals surface area contributed by atoms with Crippen molar-refractivity contribution >= 4 is 0 Å². The fourth-order valence-corrected chi connectivity index (χ4v) is 1.18. The lowest BCUT2D eigenvalue weighted by molar-refractivity contribution is 0.740. The minimum atomic E-state index is 1.09. The summed E-state index contributed by atoms with van der Waals surface area (Å²) in [5.74, 6) is 0. The maximum Gasteiger partial charge on any atom is 0.00695 e. The Morgan fingerprint density at radius 2 is 1.50 bits per heavy atom. The van der Waals surface area contributed by atoms with Gasteiger partial charge < -0.3 is 5.73 Å². The van der Waals surface area contributed by atoms with Gasteiger partial charge in [0.25, 0.3) is 0 Å². The van der Waals surface area contributed by atoms with Gasteiger partial charge in [-0.15, -0.1) is 0 Å². The Hall–Kier alpha value is -0.460. The molecule has 0 aliphatic rings. The molecule has 72 valence electrons. The summed E-state index contributed by atoms with van der Waals surface area (Å²) in [6.07, 6.45) is 7.28. The van der Waals surface area contributed by atoms with Gasteiger partial charge >= 0.3 is 0 Å². The molecule has 0 radical (unpaired) electrons. The van der Waals surface area contributed by atoms with E-state index in [1.165, 1.54) is 37.7 Å². The lowest BCUT2D eigenvalue weighted by atomic mass is 10.1. The Kier molecular flexibility index (Phi) is 6.93. The van der Waals surface area contributed by atoms with E-state index < -0.39 is 0 Å². The maximum atomic E-state index is 5.92. The fraction of sp³-hybridized carbons (Fsp3) is 0.818. The molecular weight excluding hydrogens is 146 g/mol. The van der Waals surface area contributed by atoms with E-state index in [1.807, 2.05) is 0 Å². The van der Waals surface area contributed by atoms with Gasteiger partial charge in [0.15, 0.2) is 0 Å². The molecule has 0 bridgehead atoms. The van der Waals surface area contributed by atoms with Crippen molar-refractivity contribution in [3.8, 4) is 0 Å². The Balaban J connectivity index is 3.72. The van der Waals surface area contributed by atoms with Crippen LogP contribution in [0.2, 0.25) is 0 Å². The largest absolute Gasteiger partial charge is 0.402 e. The molecule has 2 N–H and O–H groups in total. The minimum absolute atomic E-state index is 1.09. The topological polar surface area (TPSA) is 26.0 Å². The van der Waals surface area contributed by atoms with Gasteiger partial charge in [-0.2, -0.15) is 0 Å². The van der Waals surface area contributed by atoms with Crippen LogP contribution >= 0.6 is 0 Å². The van der Waals surface area contributed by atoms with Crippen molar-refractivity contribution in [1.82, 2.24) is 0 Å². The third-order valence-electron chi connectivity index (χ3n) is 2.25. The molecule has 1 heteroatoms. The fourth-order valence-electron chi connectivity index (χ4n) is 1.18. The summed E-state index contributed by atoms with van der Waals surface area (Å²) in [5, 5.41) is 0. The van der Waals surface area contributed by atoms with Crippen LogP contribution in [0.4, 0.5) is 0 Å². The molecule has 0 atom stereocenters. The molecule has 0 spiro atoms. The summed E-state index contributed by atoms with van der Waals surface area (Å²) in [6, 6.07) is 0. The Morgan fingerprint density at radius 1 is 1.00 bits per heavy atom. The van der Waals surface area contributed by atoms with Crippen molar-refractivity contribution in [3.05, 3.63) is 11.3 Å². The zero-order valence-electron chi connectivity index (χ0n) is 8.82. The second-order valence-corrected chi connectivity index (χ2v) is 3.51.